The van der Waals surface area contributed by atoms with Gasteiger partial charge in [0.15, 0.2) is 17.3 Å². The summed E-state index contributed by atoms with van der Waals surface area (Å²) in [6.07, 6.45) is 1.23. The van der Waals surface area contributed by atoms with E-state index in [2.05, 4.69) is 28.8 Å². The molecule has 31 heavy (non-hydrogen) atoms. The normalized spacial score (nSPS) is 17.1. The van der Waals surface area contributed by atoms with E-state index in [1.54, 1.807) is 42.4 Å². The van der Waals surface area contributed by atoms with E-state index in [-0.39, 0.29) is 23.6 Å². The number of allylic oxidation sites excluding steroid dienone is 1. The number of nitrogens with two attached hydrogens (primary N) is 1. The Bertz CT molecular complexity index is 1290. The van der Waals surface area contributed by atoms with E-state index in [1.807, 2.05) is 0 Å². The van der Waals surface area contributed by atoms with E-state index in [0.717, 1.165) is 0 Å². The average molecular weight is 435 g/mol. The zero-order chi connectivity index (χ0) is 22.3. The minimum Gasteiger partial charge on any atom is -0.482 e. The van der Waals surface area contributed by atoms with Crippen molar-refractivity contribution in [3.05, 3.63) is 69.8 Å². The number of nitrogens with zero attached hydrogens (tertiary/aromatic N) is 4. The molecule has 1 aliphatic heterocycles. The predicted molar refractivity (Wildman–Crippen MR) is 119 cm³/mol. The van der Waals surface area contributed by atoms with Gasteiger partial charge in [-0.2, -0.15) is 23.0 Å². The second-order valence-corrected chi connectivity index (χ2v) is 7.47. The fourth-order valence-electron chi connectivity index (χ4n) is 3.73. The van der Waals surface area contributed by atoms with Crippen molar-refractivity contribution in [2.75, 3.05) is 5.73 Å². The van der Waals surface area contributed by atoms with Gasteiger partial charge in [0.1, 0.15) is 18.0 Å². The highest BCUT2D eigenvalue weighted by Gasteiger charge is 2.25. The van der Waals surface area contributed by atoms with Gasteiger partial charge in [-0.1, -0.05) is 0 Å². The lowest BCUT2D eigenvalue weighted by Crippen LogP contribution is -2.16. The molecule has 4 rings (SSSR count). The topological polar surface area (TPSA) is 114 Å². The molecule has 0 amide bonds. The largest absolute Gasteiger partial charge is 0.482 e. The van der Waals surface area contributed by atoms with Crippen LogP contribution < -0.4 is 10.5 Å². The second kappa shape index (κ2) is 7.89. The molecule has 2 aromatic heterocycles. The lowest BCUT2D eigenvalue weighted by Gasteiger charge is -2.22. The Morgan fingerprint density at radius 3 is 2.90 bits per heavy atom. The maximum absolute atomic E-state index is 14.1. The highest BCUT2D eigenvalue weighted by molar-refractivity contribution is 7.83. The van der Waals surface area contributed by atoms with Crippen molar-refractivity contribution in [2.45, 2.75) is 19.4 Å². The molecule has 1 aromatic carbocycles. The third-order valence-corrected chi connectivity index (χ3v) is 5.61. The van der Waals surface area contributed by atoms with Gasteiger partial charge in [0.2, 0.25) is 0 Å². The third-order valence-electron chi connectivity index (χ3n) is 5.30. The van der Waals surface area contributed by atoms with Gasteiger partial charge in [0.05, 0.1) is 11.4 Å². The molecule has 0 spiro atoms. The summed E-state index contributed by atoms with van der Waals surface area (Å²) in [5.41, 5.74) is 9.96. The van der Waals surface area contributed by atoms with Gasteiger partial charge in [-0.15, -0.1) is 0 Å². The van der Waals surface area contributed by atoms with Crippen molar-refractivity contribution < 1.29 is 9.13 Å². The van der Waals surface area contributed by atoms with Crippen LogP contribution in [0.4, 0.5) is 10.2 Å². The van der Waals surface area contributed by atoms with Crippen LogP contribution in [0.15, 0.2) is 41.4 Å². The minimum atomic E-state index is -0.616. The number of fused-ring (bicyclic) bond motifs is 5. The maximum Gasteiger partial charge on any atom is 0.170 e. The summed E-state index contributed by atoms with van der Waals surface area (Å²) in [6, 6.07) is 8.04. The van der Waals surface area contributed by atoms with Crippen LogP contribution in [0.1, 0.15) is 35.5 Å². The first-order chi connectivity index (χ1) is 14.8. The Morgan fingerprint density at radius 1 is 1.42 bits per heavy atom. The number of nitrogens with one attached hydrogen (secondary N) is 1. The van der Waals surface area contributed by atoms with Crippen molar-refractivity contribution in [3.8, 4) is 22.9 Å². The third kappa shape index (κ3) is 3.55. The number of nitriles is 1. The van der Waals surface area contributed by atoms with Gasteiger partial charge in [0.25, 0.3) is 0 Å². The molecular formula is C22H19FN6OS. The summed E-state index contributed by atoms with van der Waals surface area (Å²) in [5.74, 6) is 0.0366. The summed E-state index contributed by atoms with van der Waals surface area (Å²) in [6.45, 7) is 1.75. The van der Waals surface area contributed by atoms with E-state index in [1.165, 1.54) is 12.1 Å². The fourth-order valence-corrected chi connectivity index (χ4v) is 3.95. The number of ether oxygens (including phenoxy) is 1. The molecule has 0 saturated heterocycles. The molecule has 1 aliphatic rings. The smallest absolute Gasteiger partial charge is 0.170 e. The minimum absolute atomic E-state index is 0.167. The lowest BCUT2D eigenvalue weighted by molar-refractivity contribution is 0.227. The monoisotopic (exact) mass is 434 g/mol. The molecule has 3 N–H and O–H groups in total. The molecular weight excluding hydrogens is 415 g/mol. The molecule has 9 heteroatoms. The summed E-state index contributed by atoms with van der Waals surface area (Å²) in [5, 5.41) is 24.3. The van der Waals surface area contributed by atoms with Gasteiger partial charge in [0, 0.05) is 41.9 Å². The van der Waals surface area contributed by atoms with Gasteiger partial charge < -0.3 is 10.5 Å². The SMILES string of the molecule is CC1Oc2cc(cnc2N)-c2c(C#N)nn(C)c2C/C(=C/S)C(=N)c2ccc(F)cc21. The van der Waals surface area contributed by atoms with Crippen LogP contribution in [0.2, 0.25) is 0 Å². The first-order valence-electron chi connectivity index (χ1n) is 9.44. The number of aryl methyl sites for hydroxylation is 1. The van der Waals surface area contributed by atoms with Gasteiger partial charge in [-0.25, -0.2) is 9.37 Å². The maximum atomic E-state index is 14.1. The number of nitrogen functional groups attached to an aromatic ring is 1. The summed E-state index contributed by atoms with van der Waals surface area (Å²) in [7, 11) is 1.73. The number of thiol groups is 1. The molecule has 156 valence electrons. The summed E-state index contributed by atoms with van der Waals surface area (Å²) < 4.78 is 21.7. The number of aromatic nitrogens is 3. The van der Waals surface area contributed by atoms with Crippen LogP contribution in [0, 0.1) is 22.6 Å². The van der Waals surface area contributed by atoms with Gasteiger partial charge in [-0.3, -0.25) is 10.1 Å². The first-order valence-corrected chi connectivity index (χ1v) is 9.96. The number of halogens is 1. The van der Waals surface area contributed by atoms with Crippen LogP contribution in [-0.4, -0.2) is 20.5 Å². The number of benzene rings is 1. The highest BCUT2D eigenvalue weighted by atomic mass is 32.1. The predicted octanol–water partition coefficient (Wildman–Crippen LogP) is 3.95. The molecule has 1 unspecified atom stereocenters. The van der Waals surface area contributed by atoms with Crippen LogP contribution >= 0.6 is 12.6 Å². The standard InChI is InChI=1S/C22H19FN6OS/c1-11-16-7-14(23)3-4-15(16)21(25)13(10-31)5-18-20(17(8-24)28-29(18)2)12-6-19(30-11)22(26)27-9-12/h3-4,6-7,9-11,25,31H,5H2,1-2H3,(H2,26,27)/b13-10-,25-21?. The van der Waals surface area contributed by atoms with E-state index < -0.39 is 11.9 Å². The Balaban J connectivity index is 2.03. The number of hydrogen-bond acceptors (Lipinski definition) is 7. The second-order valence-electron chi connectivity index (χ2n) is 7.21. The Kier molecular flexibility index (Phi) is 5.25. The summed E-state index contributed by atoms with van der Waals surface area (Å²) >= 11 is 4.32. The quantitative estimate of drug-likeness (QED) is 0.464. The molecule has 1 atom stereocenters. The van der Waals surface area contributed by atoms with Crippen LogP contribution in [0.25, 0.3) is 11.1 Å². The Morgan fingerprint density at radius 2 is 2.19 bits per heavy atom. The Hall–Kier alpha value is -3.64. The number of pyridine rings is 1. The van der Waals surface area contributed by atoms with Crippen LogP contribution in [-0.2, 0) is 13.5 Å². The molecule has 0 saturated carbocycles. The zero-order valence-corrected chi connectivity index (χ0v) is 17.7. The molecule has 3 heterocycles. The van der Waals surface area contributed by atoms with Crippen molar-refractivity contribution in [3.63, 3.8) is 0 Å². The molecule has 7 nitrogen and oxygen atoms in total. The molecule has 0 aliphatic carbocycles. The van der Waals surface area contributed by atoms with E-state index in [0.29, 0.717) is 39.3 Å². The average Bonchev–Trinajstić information content (AvgIpc) is 3.07. The first kappa shape index (κ1) is 20.6. The van der Waals surface area contributed by atoms with Gasteiger partial charge >= 0.3 is 0 Å². The van der Waals surface area contributed by atoms with Crippen molar-refractivity contribution in [1.29, 1.82) is 10.7 Å². The van der Waals surface area contributed by atoms with Crippen LogP contribution in [0.5, 0.6) is 5.75 Å². The number of anilines is 1. The lowest BCUT2D eigenvalue weighted by atomic mass is 9.91. The van der Waals surface area contributed by atoms with Crippen molar-refractivity contribution in [1.82, 2.24) is 14.8 Å². The molecule has 3 aromatic rings. The zero-order valence-electron chi connectivity index (χ0n) is 16.8. The number of rotatable bonds is 0. The molecule has 0 radical (unpaired) electrons. The number of hydrogen-bond donors (Lipinski definition) is 3. The van der Waals surface area contributed by atoms with Gasteiger partial charge in [-0.05, 0) is 42.2 Å². The van der Waals surface area contributed by atoms with Crippen molar-refractivity contribution >= 4 is 24.2 Å². The summed E-state index contributed by atoms with van der Waals surface area (Å²) in [4.78, 5) is 4.23. The fraction of sp³-hybridized carbons (Fsp3) is 0.182. The molecule has 2 bridgehead atoms. The van der Waals surface area contributed by atoms with E-state index in [4.69, 9.17) is 15.9 Å². The highest BCUT2D eigenvalue weighted by Crippen LogP contribution is 2.36. The van der Waals surface area contributed by atoms with E-state index >= 15 is 0 Å². The molecule has 0 fully saturated rings. The van der Waals surface area contributed by atoms with Crippen LogP contribution in [0.3, 0.4) is 0 Å². The van der Waals surface area contributed by atoms with E-state index in [9.17, 15) is 9.65 Å². The van der Waals surface area contributed by atoms with Crippen molar-refractivity contribution in [2.24, 2.45) is 7.05 Å². The Labute approximate surface area is 183 Å².